The smallest absolute Gasteiger partial charge is 0.145 e. The van der Waals surface area contributed by atoms with Gasteiger partial charge in [-0.25, -0.2) is 0 Å². The van der Waals surface area contributed by atoms with E-state index in [2.05, 4.69) is 75.4 Å². The average Bonchev–Trinajstić information content (AvgIpc) is 3.51. The highest BCUT2D eigenvalue weighted by Crippen LogP contribution is 2.58. The highest BCUT2D eigenvalue weighted by atomic mass is 16.3. The third kappa shape index (κ3) is 2.47. The summed E-state index contributed by atoms with van der Waals surface area (Å²) in [6, 6.07) is 20.4. The van der Waals surface area contributed by atoms with Crippen LogP contribution < -0.4 is 0 Å². The summed E-state index contributed by atoms with van der Waals surface area (Å²) < 4.78 is 6.64. The predicted octanol–water partition coefficient (Wildman–Crippen LogP) is 8.41. The molecule has 162 valence electrons. The first-order chi connectivity index (χ1) is 16.1. The molecule has 0 atom stereocenters. The molecule has 5 aromatic rings. The number of hydrogen-bond donors (Lipinski definition) is 0. The van der Waals surface area contributed by atoms with Gasteiger partial charge in [-0.15, -0.1) is 0 Å². The molecule has 7 rings (SSSR count). The molecule has 0 N–H and O–H groups in total. The minimum absolute atomic E-state index is 0.173. The second-order valence-electron chi connectivity index (χ2n) is 10.1. The molecule has 2 aromatic heterocycles. The molecule has 2 heterocycles. The van der Waals surface area contributed by atoms with Crippen LogP contribution in [-0.4, -0.2) is 4.98 Å². The molecule has 0 bridgehead atoms. The summed E-state index contributed by atoms with van der Waals surface area (Å²) in [7, 11) is 0. The van der Waals surface area contributed by atoms with E-state index >= 15 is 0 Å². The lowest BCUT2D eigenvalue weighted by Gasteiger charge is -2.26. The second kappa shape index (κ2) is 6.57. The molecule has 2 nitrogen and oxygen atoms in total. The van der Waals surface area contributed by atoms with E-state index in [1.807, 2.05) is 6.20 Å². The molecule has 0 radical (unpaired) electrons. The van der Waals surface area contributed by atoms with Gasteiger partial charge in [0.1, 0.15) is 11.2 Å². The molecule has 0 unspecified atom stereocenters. The van der Waals surface area contributed by atoms with E-state index < -0.39 is 0 Å². The van der Waals surface area contributed by atoms with Gasteiger partial charge in [0.2, 0.25) is 0 Å². The van der Waals surface area contributed by atoms with Gasteiger partial charge in [-0.2, -0.15) is 0 Å². The molecule has 1 saturated carbocycles. The fourth-order valence-electron chi connectivity index (χ4n) is 6.48. The maximum atomic E-state index is 6.64. The van der Waals surface area contributed by atoms with Crippen molar-refractivity contribution in [2.75, 3.05) is 0 Å². The molecule has 1 fully saturated rings. The Bertz CT molecular complexity index is 1600. The zero-order valence-electron chi connectivity index (χ0n) is 19.5. The Labute approximate surface area is 194 Å². The highest BCUT2D eigenvalue weighted by Gasteiger charge is 2.45. The van der Waals surface area contributed by atoms with Crippen LogP contribution in [0.4, 0.5) is 0 Å². The number of rotatable bonds is 1. The van der Waals surface area contributed by atoms with Crippen molar-refractivity contribution in [1.29, 1.82) is 0 Å². The van der Waals surface area contributed by atoms with Gasteiger partial charge in [0, 0.05) is 27.9 Å². The monoisotopic (exact) mass is 429 g/mol. The Morgan fingerprint density at radius 1 is 0.758 bits per heavy atom. The van der Waals surface area contributed by atoms with Gasteiger partial charge in [0.15, 0.2) is 0 Å². The van der Waals surface area contributed by atoms with Crippen LogP contribution in [0.1, 0.15) is 53.5 Å². The Hall–Kier alpha value is -3.39. The van der Waals surface area contributed by atoms with Crippen molar-refractivity contribution < 1.29 is 4.42 Å². The van der Waals surface area contributed by atoms with Crippen LogP contribution >= 0.6 is 0 Å². The summed E-state index contributed by atoms with van der Waals surface area (Å²) in [5.74, 6) is 0. The largest absolute Gasteiger partial charge is 0.455 e. The summed E-state index contributed by atoms with van der Waals surface area (Å²) in [5, 5.41) is 2.42. The third-order valence-corrected chi connectivity index (χ3v) is 8.32. The number of nitrogens with zero attached hydrogens (tertiary/aromatic N) is 1. The van der Waals surface area contributed by atoms with Crippen LogP contribution in [0.25, 0.3) is 44.3 Å². The summed E-state index contributed by atoms with van der Waals surface area (Å²) in [6.07, 6.45) is 7.07. The maximum absolute atomic E-state index is 6.64. The van der Waals surface area contributed by atoms with Gasteiger partial charge in [0.05, 0.1) is 5.69 Å². The molecule has 0 saturated heterocycles. The molecule has 0 aliphatic heterocycles. The van der Waals surface area contributed by atoms with Crippen LogP contribution in [-0.2, 0) is 5.41 Å². The Morgan fingerprint density at radius 3 is 2.39 bits per heavy atom. The van der Waals surface area contributed by atoms with Crippen molar-refractivity contribution >= 4 is 21.9 Å². The van der Waals surface area contributed by atoms with Crippen molar-refractivity contribution in [3.8, 4) is 22.4 Å². The molecule has 2 aliphatic rings. The van der Waals surface area contributed by atoms with Crippen LogP contribution in [0.5, 0.6) is 0 Å². The number of aryl methyl sites for hydroxylation is 3. The number of pyridine rings is 1. The SMILES string of the molecule is Cc1cnc(-c2c(C)ccc3c2oc2cc4c(cc23)C2(CCCC2)c2ccccc2-4)cc1C. The lowest BCUT2D eigenvalue weighted by Crippen LogP contribution is -2.20. The van der Waals surface area contributed by atoms with Crippen molar-refractivity contribution in [3.05, 3.63) is 88.6 Å². The summed E-state index contributed by atoms with van der Waals surface area (Å²) >= 11 is 0. The Kier molecular flexibility index (Phi) is 3.81. The second-order valence-corrected chi connectivity index (χ2v) is 10.1. The number of fused-ring (bicyclic) bond motifs is 8. The van der Waals surface area contributed by atoms with E-state index in [4.69, 9.17) is 9.40 Å². The van der Waals surface area contributed by atoms with Crippen molar-refractivity contribution in [2.24, 2.45) is 0 Å². The minimum Gasteiger partial charge on any atom is -0.455 e. The first-order valence-corrected chi connectivity index (χ1v) is 12.1. The third-order valence-electron chi connectivity index (χ3n) is 8.32. The van der Waals surface area contributed by atoms with Gasteiger partial charge in [-0.1, -0.05) is 49.2 Å². The fraction of sp³-hybridized carbons (Fsp3) is 0.258. The van der Waals surface area contributed by atoms with Gasteiger partial charge >= 0.3 is 0 Å². The Balaban J connectivity index is 1.54. The molecule has 0 amide bonds. The Morgan fingerprint density at radius 2 is 1.58 bits per heavy atom. The molecular formula is C31H27NO. The van der Waals surface area contributed by atoms with Crippen molar-refractivity contribution in [1.82, 2.24) is 4.98 Å². The summed E-state index contributed by atoms with van der Waals surface area (Å²) in [4.78, 5) is 4.78. The van der Waals surface area contributed by atoms with Crippen LogP contribution in [0.3, 0.4) is 0 Å². The van der Waals surface area contributed by atoms with Gasteiger partial charge in [-0.05, 0) is 90.8 Å². The maximum Gasteiger partial charge on any atom is 0.145 e. The fourth-order valence-corrected chi connectivity index (χ4v) is 6.48. The molecule has 2 heteroatoms. The molecular weight excluding hydrogens is 402 g/mol. The van der Waals surface area contributed by atoms with E-state index in [0.717, 1.165) is 22.4 Å². The number of hydrogen-bond acceptors (Lipinski definition) is 2. The van der Waals surface area contributed by atoms with Crippen molar-refractivity contribution in [2.45, 2.75) is 51.9 Å². The highest BCUT2D eigenvalue weighted by molar-refractivity contribution is 6.11. The number of furan rings is 1. The average molecular weight is 430 g/mol. The lowest BCUT2D eigenvalue weighted by molar-refractivity contribution is 0.550. The first-order valence-electron chi connectivity index (χ1n) is 12.1. The molecule has 33 heavy (non-hydrogen) atoms. The normalized spacial score (nSPS) is 16.1. The van der Waals surface area contributed by atoms with E-state index in [-0.39, 0.29) is 5.41 Å². The quantitative estimate of drug-likeness (QED) is 0.267. The van der Waals surface area contributed by atoms with Crippen LogP contribution in [0.15, 0.2) is 65.2 Å². The van der Waals surface area contributed by atoms with Gasteiger partial charge in [-0.3, -0.25) is 4.98 Å². The van der Waals surface area contributed by atoms with E-state index in [9.17, 15) is 0 Å². The van der Waals surface area contributed by atoms with Gasteiger partial charge in [0.25, 0.3) is 0 Å². The summed E-state index contributed by atoms with van der Waals surface area (Å²) in [6.45, 7) is 6.42. The van der Waals surface area contributed by atoms with E-state index in [0.29, 0.717) is 0 Å². The van der Waals surface area contributed by atoms with E-state index in [1.54, 1.807) is 0 Å². The van der Waals surface area contributed by atoms with Crippen LogP contribution in [0.2, 0.25) is 0 Å². The standard InChI is InChI=1S/C31H27NO/c1-18-10-11-22-24-15-26-23(21-8-4-5-9-25(21)31(26)12-6-7-13-31)16-28(24)33-30(22)29(18)27-14-19(2)20(3)17-32-27/h4-5,8-11,14-17H,6-7,12-13H2,1-3H3. The number of aromatic nitrogens is 1. The lowest BCUT2D eigenvalue weighted by atomic mass is 9.76. The zero-order valence-corrected chi connectivity index (χ0v) is 19.5. The topological polar surface area (TPSA) is 26.0 Å². The first kappa shape index (κ1) is 19.1. The number of benzene rings is 3. The zero-order chi connectivity index (χ0) is 22.3. The van der Waals surface area contributed by atoms with Crippen molar-refractivity contribution in [3.63, 3.8) is 0 Å². The molecule has 2 aliphatic carbocycles. The van der Waals surface area contributed by atoms with E-state index in [1.165, 1.54) is 75.4 Å². The predicted molar refractivity (Wildman–Crippen MR) is 136 cm³/mol. The molecule has 3 aromatic carbocycles. The van der Waals surface area contributed by atoms with Crippen LogP contribution in [0, 0.1) is 20.8 Å². The summed E-state index contributed by atoms with van der Waals surface area (Å²) in [5.41, 5.74) is 13.7. The molecule has 1 spiro atoms. The van der Waals surface area contributed by atoms with Gasteiger partial charge < -0.3 is 4.42 Å². The minimum atomic E-state index is 0.173.